The zero-order valence-corrected chi connectivity index (χ0v) is 15.3. The van der Waals surface area contributed by atoms with Gasteiger partial charge in [-0.15, -0.1) is 0 Å². The molecular formula is C17H29NO8. The molecule has 5 N–H and O–H groups in total. The van der Waals surface area contributed by atoms with E-state index in [1.807, 2.05) is 0 Å². The van der Waals surface area contributed by atoms with Crippen LogP contribution < -0.4 is 5.32 Å². The predicted octanol–water partition coefficient (Wildman–Crippen LogP) is -1.59. The van der Waals surface area contributed by atoms with Crippen molar-refractivity contribution in [1.82, 2.24) is 5.32 Å². The summed E-state index contributed by atoms with van der Waals surface area (Å²) in [6.45, 7) is 5.14. The van der Waals surface area contributed by atoms with Crippen molar-refractivity contribution in [2.24, 2.45) is 0 Å². The van der Waals surface area contributed by atoms with Crippen LogP contribution in [0.15, 0.2) is 0 Å². The van der Waals surface area contributed by atoms with E-state index in [1.54, 1.807) is 20.8 Å². The van der Waals surface area contributed by atoms with Gasteiger partial charge in [0, 0.05) is 25.8 Å². The molecule has 0 bridgehead atoms. The number of aliphatic hydroxyl groups excluding tert-OH is 3. The number of carbonyl (C=O) groups is 1. The van der Waals surface area contributed by atoms with E-state index in [1.165, 1.54) is 0 Å². The van der Waals surface area contributed by atoms with Crippen LogP contribution in [-0.2, 0) is 19.0 Å². The average molecular weight is 375 g/mol. The number of nitrogens with one attached hydrogen (secondary N) is 1. The summed E-state index contributed by atoms with van der Waals surface area (Å²) in [6.07, 6.45) is -5.14. The molecule has 0 aromatic rings. The Balaban J connectivity index is 1.60. The van der Waals surface area contributed by atoms with Crippen LogP contribution in [0, 0.1) is 0 Å². The molecular weight excluding hydrogens is 346 g/mol. The number of hydrogen-bond acceptors (Lipinski definition) is 8. The van der Waals surface area contributed by atoms with Crippen molar-refractivity contribution in [2.45, 2.75) is 94.1 Å². The fourth-order valence-electron chi connectivity index (χ4n) is 4.10. The second-order valence-electron chi connectivity index (χ2n) is 8.13. The van der Waals surface area contributed by atoms with E-state index >= 15 is 0 Å². The Kier molecular flexibility index (Phi) is 5.35. The minimum absolute atomic E-state index is 0.00288. The number of ether oxygens (including phenoxy) is 3. The van der Waals surface area contributed by atoms with Crippen molar-refractivity contribution in [1.29, 1.82) is 0 Å². The van der Waals surface area contributed by atoms with Crippen molar-refractivity contribution in [3.05, 3.63) is 0 Å². The van der Waals surface area contributed by atoms with Crippen LogP contribution in [0.25, 0.3) is 0 Å². The summed E-state index contributed by atoms with van der Waals surface area (Å²) in [5.41, 5.74) is -1.81. The fraction of sp³-hybridized carbons (Fsp3) is 0.941. The molecule has 9 nitrogen and oxygen atoms in total. The van der Waals surface area contributed by atoms with Gasteiger partial charge in [0.2, 0.25) is 0 Å². The highest BCUT2D eigenvalue weighted by atomic mass is 16.8. The molecule has 8 atom stereocenters. The lowest BCUT2D eigenvalue weighted by Crippen LogP contribution is -2.60. The van der Waals surface area contributed by atoms with Gasteiger partial charge in [-0.05, 0) is 20.8 Å². The quantitative estimate of drug-likeness (QED) is 0.398. The summed E-state index contributed by atoms with van der Waals surface area (Å²) >= 11 is 0. The van der Waals surface area contributed by atoms with Gasteiger partial charge in [-0.2, -0.15) is 0 Å². The molecule has 3 rings (SSSR count). The third-order valence-electron chi connectivity index (χ3n) is 5.33. The molecule has 3 aliphatic rings. The third kappa shape index (κ3) is 3.89. The van der Waals surface area contributed by atoms with Crippen molar-refractivity contribution in [2.75, 3.05) is 6.54 Å². The van der Waals surface area contributed by atoms with Crippen LogP contribution >= 0.6 is 0 Å². The smallest absolute Gasteiger partial charge is 0.252 e. The van der Waals surface area contributed by atoms with Gasteiger partial charge < -0.3 is 40.0 Å². The van der Waals surface area contributed by atoms with Gasteiger partial charge in [-0.1, -0.05) is 0 Å². The molecule has 0 radical (unpaired) electrons. The van der Waals surface area contributed by atoms with Crippen LogP contribution in [0.4, 0.5) is 0 Å². The Bertz CT molecular complexity index is 543. The first-order valence-corrected chi connectivity index (χ1v) is 9.07. The number of amides is 1. The SMILES string of the molecule is C[C@H]1C[C@H](O)[C@H](O)[C@@H](CNC(=O)[C@@]2(O)C[C@@H](O)[C@@H]3OC(C)(C)O[C@@H]3C2)O1. The predicted molar refractivity (Wildman–Crippen MR) is 88.0 cm³/mol. The van der Waals surface area contributed by atoms with Crippen molar-refractivity contribution in [3.8, 4) is 0 Å². The molecule has 2 aliphatic heterocycles. The zero-order valence-electron chi connectivity index (χ0n) is 15.3. The Morgan fingerprint density at radius 1 is 1.15 bits per heavy atom. The maximum atomic E-state index is 12.6. The highest BCUT2D eigenvalue weighted by Gasteiger charge is 2.56. The summed E-state index contributed by atoms with van der Waals surface area (Å²) in [7, 11) is 0. The van der Waals surface area contributed by atoms with Gasteiger partial charge in [-0.25, -0.2) is 0 Å². The maximum Gasteiger partial charge on any atom is 0.252 e. The molecule has 26 heavy (non-hydrogen) atoms. The molecule has 9 heteroatoms. The molecule has 2 saturated heterocycles. The lowest BCUT2D eigenvalue weighted by molar-refractivity contribution is -0.170. The summed E-state index contributed by atoms with van der Waals surface area (Å²) < 4.78 is 16.9. The Morgan fingerprint density at radius 3 is 2.54 bits per heavy atom. The number of aliphatic hydroxyl groups is 4. The van der Waals surface area contributed by atoms with Crippen LogP contribution in [-0.4, -0.2) is 87.0 Å². The lowest BCUT2D eigenvalue weighted by Gasteiger charge is -2.40. The Hall–Kier alpha value is -0.810. The topological polar surface area (TPSA) is 138 Å². The van der Waals surface area contributed by atoms with E-state index in [2.05, 4.69) is 5.32 Å². The van der Waals surface area contributed by atoms with Gasteiger partial charge in [0.15, 0.2) is 5.79 Å². The first-order chi connectivity index (χ1) is 12.0. The number of carbonyl (C=O) groups excluding carboxylic acids is 1. The van der Waals surface area contributed by atoms with Crippen LogP contribution in [0.1, 0.15) is 40.0 Å². The van der Waals surface area contributed by atoms with Crippen LogP contribution in [0.5, 0.6) is 0 Å². The van der Waals surface area contributed by atoms with Crippen molar-refractivity contribution < 1.29 is 39.4 Å². The highest BCUT2D eigenvalue weighted by Crippen LogP contribution is 2.41. The summed E-state index contributed by atoms with van der Waals surface area (Å²) in [5, 5.41) is 43.4. The van der Waals surface area contributed by atoms with Gasteiger partial charge >= 0.3 is 0 Å². The minimum Gasteiger partial charge on any atom is -0.390 e. The molecule has 0 aromatic carbocycles. The minimum atomic E-state index is -1.81. The molecule has 0 aromatic heterocycles. The summed E-state index contributed by atoms with van der Waals surface area (Å²) in [4.78, 5) is 12.6. The lowest BCUT2D eigenvalue weighted by atomic mass is 9.79. The van der Waals surface area contributed by atoms with Crippen LogP contribution in [0.3, 0.4) is 0 Å². The summed E-state index contributed by atoms with van der Waals surface area (Å²) in [6, 6.07) is 0. The second-order valence-corrected chi connectivity index (χ2v) is 8.13. The van der Waals surface area contributed by atoms with E-state index in [0.717, 1.165) is 0 Å². The molecule has 150 valence electrons. The van der Waals surface area contributed by atoms with Gasteiger partial charge in [0.25, 0.3) is 5.91 Å². The molecule has 1 saturated carbocycles. The maximum absolute atomic E-state index is 12.6. The highest BCUT2D eigenvalue weighted by molar-refractivity contribution is 5.85. The van der Waals surface area contributed by atoms with Crippen LogP contribution in [0.2, 0.25) is 0 Å². The van der Waals surface area contributed by atoms with E-state index < -0.39 is 53.9 Å². The molecule has 1 amide bonds. The molecule has 2 heterocycles. The van der Waals surface area contributed by atoms with Crippen molar-refractivity contribution >= 4 is 5.91 Å². The fourth-order valence-corrected chi connectivity index (χ4v) is 4.10. The van der Waals surface area contributed by atoms with E-state index in [-0.39, 0.29) is 25.5 Å². The number of hydrogen-bond donors (Lipinski definition) is 5. The first-order valence-electron chi connectivity index (χ1n) is 9.07. The van der Waals surface area contributed by atoms with Gasteiger partial charge in [-0.3, -0.25) is 4.79 Å². The second kappa shape index (κ2) is 6.97. The Labute approximate surface area is 152 Å². The summed E-state index contributed by atoms with van der Waals surface area (Å²) in [5.74, 6) is -1.56. The monoisotopic (exact) mass is 375 g/mol. The van der Waals surface area contributed by atoms with Gasteiger partial charge in [0.05, 0.1) is 24.4 Å². The zero-order chi connectivity index (χ0) is 19.3. The van der Waals surface area contributed by atoms with Crippen molar-refractivity contribution in [3.63, 3.8) is 0 Å². The third-order valence-corrected chi connectivity index (χ3v) is 5.33. The largest absolute Gasteiger partial charge is 0.390 e. The first kappa shape index (κ1) is 19.9. The molecule has 0 spiro atoms. The van der Waals surface area contributed by atoms with E-state index in [0.29, 0.717) is 6.42 Å². The normalized spacial score (nSPS) is 48.0. The number of fused-ring (bicyclic) bond motifs is 1. The van der Waals surface area contributed by atoms with E-state index in [9.17, 15) is 25.2 Å². The molecule has 0 unspecified atom stereocenters. The Morgan fingerprint density at radius 2 is 1.85 bits per heavy atom. The number of rotatable bonds is 3. The van der Waals surface area contributed by atoms with E-state index in [4.69, 9.17) is 14.2 Å². The molecule has 1 aliphatic carbocycles. The van der Waals surface area contributed by atoms with Gasteiger partial charge in [0.1, 0.15) is 23.9 Å². The standard InChI is InChI=1S/C17H29NO8/c1-8-4-9(19)13(21)12(24-8)7-18-15(22)17(23)5-10(20)14-11(6-17)25-16(2,3)26-14/h8-14,19-21,23H,4-7H2,1-3H3,(H,18,22)/t8-,9-,10+,11+,12+,13-,14-,17+/m0/s1. The molecule has 3 fully saturated rings. The average Bonchev–Trinajstić information content (AvgIpc) is 2.83.